The van der Waals surface area contributed by atoms with Gasteiger partial charge in [-0.05, 0) is 49.8 Å². The molecule has 4 nitrogen and oxygen atoms in total. The Bertz CT molecular complexity index is 1250. The van der Waals surface area contributed by atoms with Crippen LogP contribution in [0.4, 0.5) is 0 Å². The van der Waals surface area contributed by atoms with Crippen molar-refractivity contribution in [3.63, 3.8) is 0 Å². The Kier molecular flexibility index (Phi) is 6.39. The van der Waals surface area contributed by atoms with Gasteiger partial charge < -0.3 is 9.15 Å². The topological polar surface area (TPSA) is 52.3 Å². The first kappa shape index (κ1) is 21.9. The molecule has 5 rings (SSSR count). The second kappa shape index (κ2) is 9.92. The van der Waals surface area contributed by atoms with E-state index in [1.807, 2.05) is 55.5 Å². The Morgan fingerprint density at radius 2 is 1.71 bits per heavy atom. The molecule has 0 N–H and O–H groups in total. The Labute approximate surface area is 199 Å². The predicted molar refractivity (Wildman–Crippen MR) is 134 cm³/mol. The molecule has 0 aliphatic heterocycles. The maximum absolute atomic E-state index is 12.2. The van der Waals surface area contributed by atoms with Gasteiger partial charge in [0.1, 0.15) is 5.69 Å². The Morgan fingerprint density at radius 1 is 0.971 bits per heavy atom. The average molecular weight is 450 g/mol. The summed E-state index contributed by atoms with van der Waals surface area (Å²) >= 11 is 0. The lowest BCUT2D eigenvalue weighted by atomic mass is 9.92. The van der Waals surface area contributed by atoms with Crippen LogP contribution in [0.5, 0.6) is 0 Å². The number of benzene rings is 3. The van der Waals surface area contributed by atoms with Crippen LogP contribution in [0.25, 0.3) is 28.2 Å². The summed E-state index contributed by atoms with van der Waals surface area (Å²) in [5, 5.41) is 0. The number of rotatable bonds is 7. The number of esters is 1. The van der Waals surface area contributed by atoms with E-state index in [-0.39, 0.29) is 11.9 Å². The van der Waals surface area contributed by atoms with Crippen LogP contribution in [-0.2, 0) is 11.2 Å². The van der Waals surface area contributed by atoms with E-state index in [1.165, 1.54) is 0 Å². The van der Waals surface area contributed by atoms with Gasteiger partial charge in [-0.2, -0.15) is 0 Å². The summed E-state index contributed by atoms with van der Waals surface area (Å²) in [5.74, 6) is 1.47. The van der Waals surface area contributed by atoms with Gasteiger partial charge in [0.25, 0.3) is 0 Å². The molecular formula is C30H27NO3. The fourth-order valence-corrected chi connectivity index (χ4v) is 4.58. The van der Waals surface area contributed by atoms with E-state index in [0.29, 0.717) is 18.1 Å². The lowest BCUT2D eigenvalue weighted by Crippen LogP contribution is -2.07. The van der Waals surface area contributed by atoms with E-state index in [9.17, 15) is 4.79 Å². The summed E-state index contributed by atoms with van der Waals surface area (Å²) in [7, 11) is 0. The van der Waals surface area contributed by atoms with Crippen LogP contribution in [0.15, 0.2) is 95.4 Å². The Morgan fingerprint density at radius 3 is 2.44 bits per heavy atom. The van der Waals surface area contributed by atoms with E-state index in [0.717, 1.165) is 53.0 Å². The van der Waals surface area contributed by atoms with Gasteiger partial charge in [-0.25, -0.2) is 9.78 Å². The molecule has 0 radical (unpaired) electrons. The van der Waals surface area contributed by atoms with Gasteiger partial charge in [0.15, 0.2) is 5.76 Å². The number of carbonyl (C=O) groups is 1. The van der Waals surface area contributed by atoms with Gasteiger partial charge in [-0.1, -0.05) is 78.9 Å². The van der Waals surface area contributed by atoms with Crippen LogP contribution in [0.3, 0.4) is 0 Å². The Hall–Kier alpha value is -3.92. The van der Waals surface area contributed by atoms with Crippen LogP contribution < -0.4 is 0 Å². The SMILES string of the molecule is CCOC(=O)c1cccc(CC2CCC=C2c2nc(-c3ccccc3)c(-c3ccccc3)o2)c1. The summed E-state index contributed by atoms with van der Waals surface area (Å²) < 4.78 is 11.6. The van der Waals surface area contributed by atoms with Gasteiger partial charge >= 0.3 is 5.97 Å². The molecule has 1 unspecified atom stereocenters. The minimum atomic E-state index is -0.278. The number of ether oxygens (including phenoxy) is 1. The number of nitrogens with zero attached hydrogens (tertiary/aromatic N) is 1. The van der Waals surface area contributed by atoms with Crippen molar-refractivity contribution in [3.05, 3.63) is 108 Å². The zero-order valence-electron chi connectivity index (χ0n) is 19.2. The molecule has 1 aromatic heterocycles. The van der Waals surface area contributed by atoms with Crippen LogP contribution >= 0.6 is 0 Å². The molecule has 0 saturated carbocycles. The van der Waals surface area contributed by atoms with Gasteiger partial charge in [0.2, 0.25) is 5.89 Å². The first-order valence-corrected chi connectivity index (χ1v) is 11.8. The lowest BCUT2D eigenvalue weighted by Gasteiger charge is -2.13. The molecular weight excluding hydrogens is 422 g/mol. The van der Waals surface area contributed by atoms with Crippen LogP contribution in [0.2, 0.25) is 0 Å². The van der Waals surface area contributed by atoms with Crippen molar-refractivity contribution >= 4 is 11.5 Å². The third kappa shape index (κ3) is 4.58. The van der Waals surface area contributed by atoms with E-state index < -0.39 is 0 Å². The molecule has 3 aromatic carbocycles. The highest BCUT2D eigenvalue weighted by atomic mass is 16.5. The second-order valence-electron chi connectivity index (χ2n) is 8.49. The average Bonchev–Trinajstić information content (AvgIpc) is 3.53. The van der Waals surface area contributed by atoms with E-state index in [4.69, 9.17) is 14.1 Å². The van der Waals surface area contributed by atoms with Gasteiger partial charge in [0, 0.05) is 16.7 Å². The van der Waals surface area contributed by atoms with Crippen molar-refractivity contribution in [1.82, 2.24) is 4.98 Å². The zero-order chi connectivity index (χ0) is 23.3. The fraction of sp³-hybridized carbons (Fsp3) is 0.200. The minimum absolute atomic E-state index is 0.278. The molecule has 0 amide bonds. The summed E-state index contributed by atoms with van der Waals surface area (Å²) in [6.45, 7) is 2.19. The highest BCUT2D eigenvalue weighted by Crippen LogP contribution is 2.40. The predicted octanol–water partition coefficient (Wildman–Crippen LogP) is 7.22. The van der Waals surface area contributed by atoms with Crippen molar-refractivity contribution in [3.8, 4) is 22.6 Å². The van der Waals surface area contributed by atoms with Crippen molar-refractivity contribution in [2.75, 3.05) is 6.61 Å². The molecule has 0 fully saturated rings. The summed E-state index contributed by atoms with van der Waals surface area (Å²) in [4.78, 5) is 17.2. The summed E-state index contributed by atoms with van der Waals surface area (Å²) in [6, 6.07) is 28.1. The maximum Gasteiger partial charge on any atom is 0.338 e. The second-order valence-corrected chi connectivity index (χ2v) is 8.49. The number of hydrogen-bond acceptors (Lipinski definition) is 4. The van der Waals surface area contributed by atoms with E-state index >= 15 is 0 Å². The van der Waals surface area contributed by atoms with Gasteiger partial charge in [-0.15, -0.1) is 0 Å². The molecule has 4 aromatic rings. The largest absolute Gasteiger partial charge is 0.462 e. The highest BCUT2D eigenvalue weighted by Gasteiger charge is 2.27. The van der Waals surface area contributed by atoms with E-state index in [2.05, 4.69) is 36.4 Å². The number of carbonyl (C=O) groups excluding carboxylic acids is 1. The van der Waals surface area contributed by atoms with Crippen molar-refractivity contribution < 1.29 is 13.9 Å². The molecule has 34 heavy (non-hydrogen) atoms. The third-order valence-corrected chi connectivity index (χ3v) is 6.20. The van der Waals surface area contributed by atoms with E-state index in [1.54, 1.807) is 6.07 Å². The minimum Gasteiger partial charge on any atom is -0.462 e. The fourth-order valence-electron chi connectivity index (χ4n) is 4.58. The number of oxazole rings is 1. The molecule has 0 bridgehead atoms. The van der Waals surface area contributed by atoms with Crippen LogP contribution in [-0.4, -0.2) is 17.6 Å². The Balaban J connectivity index is 1.46. The standard InChI is InChI=1S/C30H27NO3/c1-2-33-30(32)25-17-9-11-21(20-25)19-24-16-10-18-26(24)29-31-27(22-12-5-3-6-13-22)28(34-29)23-14-7-4-8-15-23/h3-9,11-15,17-18,20,24H,2,10,16,19H2,1H3. The number of allylic oxidation sites excluding steroid dienone is 2. The summed E-state index contributed by atoms with van der Waals surface area (Å²) in [6.07, 6.45) is 5.09. The van der Waals surface area contributed by atoms with Gasteiger partial charge in [-0.3, -0.25) is 0 Å². The quantitative estimate of drug-likeness (QED) is 0.280. The van der Waals surface area contributed by atoms with Crippen LogP contribution in [0.1, 0.15) is 41.6 Å². The first-order chi connectivity index (χ1) is 16.7. The molecule has 1 atom stereocenters. The molecule has 0 spiro atoms. The smallest absolute Gasteiger partial charge is 0.338 e. The number of hydrogen-bond donors (Lipinski definition) is 0. The lowest BCUT2D eigenvalue weighted by molar-refractivity contribution is 0.0526. The highest BCUT2D eigenvalue weighted by molar-refractivity contribution is 5.89. The molecule has 4 heteroatoms. The molecule has 170 valence electrons. The molecule has 1 heterocycles. The van der Waals surface area contributed by atoms with Crippen molar-refractivity contribution in [2.45, 2.75) is 26.2 Å². The summed E-state index contributed by atoms with van der Waals surface area (Å²) in [5.41, 5.74) is 5.75. The first-order valence-electron chi connectivity index (χ1n) is 11.8. The molecule has 1 aliphatic rings. The maximum atomic E-state index is 12.2. The third-order valence-electron chi connectivity index (χ3n) is 6.20. The zero-order valence-corrected chi connectivity index (χ0v) is 19.2. The normalized spacial score (nSPS) is 15.2. The van der Waals surface area contributed by atoms with Crippen molar-refractivity contribution in [1.29, 1.82) is 0 Å². The van der Waals surface area contributed by atoms with Crippen LogP contribution in [0, 0.1) is 5.92 Å². The number of aromatic nitrogens is 1. The van der Waals surface area contributed by atoms with Gasteiger partial charge in [0.05, 0.1) is 12.2 Å². The van der Waals surface area contributed by atoms with Crippen molar-refractivity contribution in [2.24, 2.45) is 5.92 Å². The molecule has 0 saturated heterocycles. The monoisotopic (exact) mass is 449 g/mol. The molecule has 1 aliphatic carbocycles.